The Morgan fingerprint density at radius 2 is 1.42 bits per heavy atom. The van der Waals surface area contributed by atoms with Crippen LogP contribution >= 0.6 is 11.8 Å². The fourth-order valence-electron chi connectivity index (χ4n) is 2.46. The SMILES string of the molecule is Cc1nn(-c2ccccc2)c(OC(=O)C(C)(C)C)c1Sc1c(F)c(F)c(F)c(F)c1F. The number of para-hydroxylation sites is 1. The van der Waals surface area contributed by atoms with E-state index in [9.17, 15) is 26.7 Å². The third kappa shape index (κ3) is 4.30. The number of esters is 1. The van der Waals surface area contributed by atoms with Crippen molar-refractivity contribution in [2.75, 3.05) is 0 Å². The highest BCUT2D eigenvalue weighted by molar-refractivity contribution is 7.99. The molecule has 0 unspecified atom stereocenters. The molecule has 4 nitrogen and oxygen atoms in total. The zero-order valence-electron chi connectivity index (χ0n) is 16.9. The summed E-state index contributed by atoms with van der Waals surface area (Å²) in [5, 5.41) is 4.25. The first-order valence-corrected chi connectivity index (χ1v) is 9.81. The smallest absolute Gasteiger partial charge is 0.317 e. The van der Waals surface area contributed by atoms with Gasteiger partial charge in [0.1, 0.15) is 0 Å². The van der Waals surface area contributed by atoms with Crippen LogP contribution in [0.2, 0.25) is 0 Å². The highest BCUT2D eigenvalue weighted by atomic mass is 32.2. The van der Waals surface area contributed by atoms with Gasteiger partial charge in [-0.25, -0.2) is 22.0 Å². The van der Waals surface area contributed by atoms with E-state index in [1.54, 1.807) is 51.1 Å². The van der Waals surface area contributed by atoms with Gasteiger partial charge >= 0.3 is 5.97 Å². The van der Waals surface area contributed by atoms with Crippen molar-refractivity contribution < 1.29 is 31.5 Å². The molecule has 164 valence electrons. The summed E-state index contributed by atoms with van der Waals surface area (Å²) in [6.45, 7) is 6.26. The van der Waals surface area contributed by atoms with Crippen molar-refractivity contribution >= 4 is 17.7 Å². The first kappa shape index (κ1) is 22.8. The van der Waals surface area contributed by atoms with Crippen molar-refractivity contribution in [3.05, 3.63) is 65.1 Å². The first-order valence-electron chi connectivity index (χ1n) is 9.00. The molecule has 0 fully saturated rings. The number of ether oxygens (including phenoxy) is 1. The Bertz CT molecular complexity index is 1130. The number of carbonyl (C=O) groups is 1. The molecular formula is C21H17F5N2O2S. The number of halogens is 5. The maximum Gasteiger partial charge on any atom is 0.317 e. The lowest BCUT2D eigenvalue weighted by molar-refractivity contribution is -0.143. The van der Waals surface area contributed by atoms with Gasteiger partial charge in [0.2, 0.25) is 11.7 Å². The number of hydrogen-bond acceptors (Lipinski definition) is 4. The van der Waals surface area contributed by atoms with Crippen LogP contribution < -0.4 is 4.74 Å². The summed E-state index contributed by atoms with van der Waals surface area (Å²) in [5.74, 6) is -11.2. The molecule has 0 spiro atoms. The standard InChI is InChI=1S/C21H17F5N2O2S/c1-10-17(31-18-15(25)13(23)12(22)14(24)16(18)26)19(30-20(29)21(2,3)4)28(27-10)11-8-6-5-7-9-11/h5-9H,1-4H3. The molecule has 0 atom stereocenters. The molecule has 0 radical (unpaired) electrons. The molecule has 0 bridgehead atoms. The average Bonchev–Trinajstić information content (AvgIpc) is 3.03. The summed E-state index contributed by atoms with van der Waals surface area (Å²) in [7, 11) is 0. The van der Waals surface area contributed by atoms with Gasteiger partial charge in [-0.2, -0.15) is 9.78 Å². The van der Waals surface area contributed by atoms with Crippen molar-refractivity contribution in [1.29, 1.82) is 0 Å². The van der Waals surface area contributed by atoms with Gasteiger partial charge in [-0.05, 0) is 39.8 Å². The number of aryl methyl sites for hydroxylation is 1. The fraction of sp³-hybridized carbons (Fsp3) is 0.238. The van der Waals surface area contributed by atoms with Crippen LogP contribution in [0.1, 0.15) is 26.5 Å². The number of nitrogens with zero attached hydrogens (tertiary/aromatic N) is 2. The molecule has 0 aliphatic heterocycles. The second-order valence-corrected chi connectivity index (χ2v) is 8.63. The summed E-state index contributed by atoms with van der Waals surface area (Å²) < 4.78 is 76.0. The van der Waals surface area contributed by atoms with Gasteiger partial charge in [-0.1, -0.05) is 30.0 Å². The monoisotopic (exact) mass is 456 g/mol. The zero-order valence-corrected chi connectivity index (χ0v) is 17.7. The number of rotatable bonds is 4. The van der Waals surface area contributed by atoms with Crippen molar-refractivity contribution in [1.82, 2.24) is 9.78 Å². The number of hydrogen-bond donors (Lipinski definition) is 0. The zero-order chi connectivity index (χ0) is 23.1. The molecule has 10 heteroatoms. The van der Waals surface area contributed by atoms with Gasteiger partial charge < -0.3 is 4.74 Å². The van der Waals surface area contributed by atoms with Crippen molar-refractivity contribution in [2.24, 2.45) is 5.41 Å². The Kier molecular flexibility index (Phi) is 6.13. The van der Waals surface area contributed by atoms with Gasteiger partial charge in [0.05, 0.1) is 26.6 Å². The summed E-state index contributed by atoms with van der Waals surface area (Å²) in [6, 6.07) is 8.42. The van der Waals surface area contributed by atoms with E-state index in [0.717, 1.165) is 0 Å². The van der Waals surface area contributed by atoms with E-state index in [0.29, 0.717) is 5.69 Å². The maximum absolute atomic E-state index is 14.3. The molecule has 31 heavy (non-hydrogen) atoms. The summed E-state index contributed by atoms with van der Waals surface area (Å²) in [6.07, 6.45) is 0. The average molecular weight is 456 g/mol. The third-order valence-corrected chi connectivity index (χ3v) is 5.38. The van der Waals surface area contributed by atoms with Crippen LogP contribution in [0.15, 0.2) is 40.1 Å². The Morgan fingerprint density at radius 3 is 1.94 bits per heavy atom. The van der Waals surface area contributed by atoms with Gasteiger partial charge in [-0.15, -0.1) is 0 Å². The second-order valence-electron chi connectivity index (χ2n) is 7.61. The van der Waals surface area contributed by atoms with Crippen LogP contribution in [0.5, 0.6) is 5.88 Å². The van der Waals surface area contributed by atoms with Crippen molar-refractivity contribution in [2.45, 2.75) is 37.5 Å². The summed E-state index contributed by atoms with van der Waals surface area (Å²) in [4.78, 5) is 11.3. The fourth-order valence-corrected chi connectivity index (χ4v) is 3.43. The largest absolute Gasteiger partial charge is 0.406 e. The van der Waals surface area contributed by atoms with Crippen LogP contribution in [0, 0.1) is 41.4 Å². The number of carbonyl (C=O) groups excluding carboxylic acids is 1. The summed E-state index contributed by atoms with van der Waals surface area (Å²) in [5.41, 5.74) is -0.312. The molecule has 0 aliphatic carbocycles. The van der Waals surface area contributed by atoms with Crippen LogP contribution in [0.25, 0.3) is 5.69 Å². The molecule has 1 aromatic heterocycles. The van der Waals surface area contributed by atoms with Crippen LogP contribution in [0.4, 0.5) is 22.0 Å². The lowest BCUT2D eigenvalue weighted by Crippen LogP contribution is -2.26. The maximum atomic E-state index is 14.3. The Balaban J connectivity index is 2.20. The molecule has 3 aromatic rings. The summed E-state index contributed by atoms with van der Waals surface area (Å²) >= 11 is 0.242. The van der Waals surface area contributed by atoms with E-state index in [4.69, 9.17) is 4.74 Å². The topological polar surface area (TPSA) is 44.1 Å². The molecule has 0 saturated heterocycles. The third-order valence-electron chi connectivity index (χ3n) is 4.14. The van der Waals surface area contributed by atoms with E-state index in [2.05, 4.69) is 5.10 Å². The van der Waals surface area contributed by atoms with E-state index in [1.807, 2.05) is 0 Å². The lowest BCUT2D eigenvalue weighted by Gasteiger charge is -2.18. The normalized spacial score (nSPS) is 11.6. The second kappa shape index (κ2) is 8.33. The minimum Gasteiger partial charge on any atom is -0.406 e. The van der Waals surface area contributed by atoms with E-state index in [-0.39, 0.29) is 28.2 Å². The van der Waals surface area contributed by atoms with Gasteiger partial charge in [0.25, 0.3) is 0 Å². The van der Waals surface area contributed by atoms with E-state index < -0.39 is 45.4 Å². The molecule has 0 N–H and O–H groups in total. The first-order chi connectivity index (χ1) is 14.4. The minimum atomic E-state index is -2.25. The molecule has 0 amide bonds. The lowest BCUT2D eigenvalue weighted by atomic mass is 9.97. The van der Waals surface area contributed by atoms with Crippen LogP contribution in [0.3, 0.4) is 0 Å². The highest BCUT2D eigenvalue weighted by Gasteiger charge is 2.32. The minimum absolute atomic E-state index is 0.0651. The molecule has 1 heterocycles. The predicted octanol–water partition coefficient (Wildman–Crippen LogP) is 5.98. The predicted molar refractivity (Wildman–Crippen MR) is 104 cm³/mol. The molecule has 2 aromatic carbocycles. The van der Waals surface area contributed by atoms with E-state index in [1.165, 1.54) is 11.6 Å². The Hall–Kier alpha value is -2.88. The van der Waals surface area contributed by atoms with E-state index >= 15 is 0 Å². The molecule has 3 rings (SSSR count). The molecule has 0 saturated carbocycles. The van der Waals surface area contributed by atoms with Gasteiger partial charge in [0.15, 0.2) is 23.3 Å². The highest BCUT2D eigenvalue weighted by Crippen LogP contribution is 2.43. The van der Waals surface area contributed by atoms with Crippen LogP contribution in [-0.2, 0) is 4.79 Å². The molecule has 0 aliphatic rings. The Morgan fingerprint density at radius 1 is 0.903 bits per heavy atom. The van der Waals surface area contributed by atoms with Gasteiger partial charge in [0, 0.05) is 0 Å². The Labute approximate surface area is 179 Å². The van der Waals surface area contributed by atoms with Crippen molar-refractivity contribution in [3.63, 3.8) is 0 Å². The van der Waals surface area contributed by atoms with Crippen molar-refractivity contribution in [3.8, 4) is 11.6 Å². The molecular weight excluding hydrogens is 439 g/mol. The van der Waals surface area contributed by atoms with Crippen LogP contribution in [-0.4, -0.2) is 15.7 Å². The number of aromatic nitrogens is 2. The number of benzene rings is 2. The van der Waals surface area contributed by atoms with Gasteiger partial charge in [-0.3, -0.25) is 4.79 Å². The quantitative estimate of drug-likeness (QED) is 0.210.